The van der Waals surface area contributed by atoms with E-state index >= 15 is 0 Å². The van der Waals surface area contributed by atoms with Crippen LogP contribution in [0.25, 0.3) is 0 Å². The lowest BCUT2D eigenvalue weighted by atomic mass is 10.5. The van der Waals surface area contributed by atoms with Crippen LogP contribution in [-0.2, 0) is 4.79 Å². The van der Waals surface area contributed by atoms with Gasteiger partial charge in [-0.25, -0.2) is 0 Å². The summed E-state index contributed by atoms with van der Waals surface area (Å²) in [6.07, 6.45) is 1.04. The summed E-state index contributed by atoms with van der Waals surface area (Å²) < 4.78 is 0. The number of hydrogen-bond donors (Lipinski definition) is 3. The van der Waals surface area contributed by atoms with Crippen LogP contribution in [0.5, 0.6) is 0 Å². The smallest absolute Gasteiger partial charge is 0.244 e. The Bertz CT molecular complexity index is 147. The summed E-state index contributed by atoms with van der Waals surface area (Å²) in [6.45, 7) is 0.269. The average molecular weight is 165 g/mol. The molecule has 0 aliphatic rings. The Labute approximate surface area is 63.7 Å². The van der Waals surface area contributed by atoms with Crippen LogP contribution < -0.4 is 11.1 Å². The molecule has 5 heteroatoms. The van der Waals surface area contributed by atoms with Crippen molar-refractivity contribution in [2.45, 2.75) is 0 Å². The maximum absolute atomic E-state index is 10.1. The molecular formula is C5H9ClN2O2. The van der Waals surface area contributed by atoms with Crippen molar-refractivity contribution < 1.29 is 9.90 Å². The lowest BCUT2D eigenvalue weighted by molar-refractivity contribution is -0.113. The summed E-state index contributed by atoms with van der Waals surface area (Å²) in [5.41, 5.74) is 4.76. The zero-order valence-electron chi connectivity index (χ0n) is 5.30. The summed E-state index contributed by atoms with van der Waals surface area (Å²) in [7, 11) is 0. The van der Waals surface area contributed by atoms with Gasteiger partial charge < -0.3 is 16.2 Å². The number of rotatable bonds is 4. The number of aliphatic hydroxyl groups excluding tert-OH is 1. The van der Waals surface area contributed by atoms with Crippen LogP contribution >= 0.6 is 11.6 Å². The van der Waals surface area contributed by atoms with Gasteiger partial charge in [-0.1, -0.05) is 11.6 Å². The van der Waals surface area contributed by atoms with Crippen molar-refractivity contribution in [1.82, 2.24) is 5.32 Å². The average Bonchev–Trinajstić information content (AvgIpc) is 1.82. The van der Waals surface area contributed by atoms with Crippen molar-refractivity contribution in [3.05, 3.63) is 11.2 Å². The molecule has 1 amide bonds. The normalized spacial score (nSPS) is 11.2. The molecule has 10 heavy (non-hydrogen) atoms. The summed E-state index contributed by atoms with van der Waals surface area (Å²) in [5.74, 6) is -0.615. The highest BCUT2D eigenvalue weighted by Crippen LogP contribution is 1.92. The maximum atomic E-state index is 10.1. The van der Waals surface area contributed by atoms with E-state index in [2.05, 4.69) is 5.32 Å². The number of carbonyl (C=O) groups excluding carboxylic acids is 1. The lowest BCUT2D eigenvalue weighted by Crippen LogP contribution is -2.17. The van der Waals surface area contributed by atoms with Crippen molar-refractivity contribution in [2.24, 2.45) is 5.73 Å². The molecule has 4 nitrogen and oxygen atoms in total. The SMILES string of the molecule is NC(=O)/C=C(/Cl)NCCO. The molecule has 4 N–H and O–H groups in total. The van der Waals surface area contributed by atoms with E-state index < -0.39 is 5.91 Å². The second-order valence-corrected chi connectivity index (χ2v) is 1.95. The number of aliphatic hydroxyl groups is 1. The molecule has 0 bridgehead atoms. The predicted molar refractivity (Wildman–Crippen MR) is 38.2 cm³/mol. The third kappa shape index (κ3) is 5.40. The highest BCUT2D eigenvalue weighted by molar-refractivity contribution is 6.30. The Morgan fingerprint density at radius 3 is 2.80 bits per heavy atom. The first kappa shape index (κ1) is 9.26. The molecular weight excluding hydrogens is 156 g/mol. The van der Waals surface area contributed by atoms with Gasteiger partial charge in [0.25, 0.3) is 0 Å². The monoisotopic (exact) mass is 164 g/mol. The van der Waals surface area contributed by atoms with Crippen molar-refractivity contribution in [3.63, 3.8) is 0 Å². The Kier molecular flexibility index (Phi) is 4.70. The van der Waals surface area contributed by atoms with Crippen LogP contribution in [0.15, 0.2) is 11.2 Å². The Morgan fingerprint density at radius 2 is 2.40 bits per heavy atom. The molecule has 0 heterocycles. The highest BCUT2D eigenvalue weighted by atomic mass is 35.5. The van der Waals surface area contributed by atoms with E-state index in [4.69, 9.17) is 22.4 Å². The van der Waals surface area contributed by atoms with Crippen molar-refractivity contribution >= 4 is 17.5 Å². The molecule has 0 unspecified atom stereocenters. The summed E-state index contributed by atoms with van der Waals surface area (Å²) in [4.78, 5) is 10.1. The Morgan fingerprint density at radius 1 is 1.80 bits per heavy atom. The number of nitrogens with one attached hydrogen (secondary N) is 1. The van der Waals surface area contributed by atoms with Crippen LogP contribution in [0.3, 0.4) is 0 Å². The van der Waals surface area contributed by atoms with Crippen LogP contribution in [0.2, 0.25) is 0 Å². The molecule has 0 aliphatic heterocycles. The molecule has 0 radical (unpaired) electrons. The molecule has 0 atom stereocenters. The molecule has 0 aliphatic carbocycles. The minimum absolute atomic E-state index is 0.0389. The van der Waals surface area contributed by atoms with Gasteiger partial charge in [0.15, 0.2) is 0 Å². The van der Waals surface area contributed by atoms with Crippen LogP contribution in [-0.4, -0.2) is 24.2 Å². The third-order valence-electron chi connectivity index (χ3n) is 0.675. The second kappa shape index (κ2) is 5.08. The fourth-order valence-corrected chi connectivity index (χ4v) is 0.553. The van der Waals surface area contributed by atoms with Crippen molar-refractivity contribution in [3.8, 4) is 0 Å². The zero-order chi connectivity index (χ0) is 7.98. The third-order valence-corrected chi connectivity index (χ3v) is 0.917. The minimum Gasteiger partial charge on any atom is -0.395 e. The van der Waals surface area contributed by atoms with E-state index in [9.17, 15) is 4.79 Å². The number of nitrogens with two attached hydrogens (primary N) is 1. The summed E-state index contributed by atoms with van der Waals surface area (Å²) in [6, 6.07) is 0. The van der Waals surface area contributed by atoms with Gasteiger partial charge in [0.05, 0.1) is 6.61 Å². The van der Waals surface area contributed by atoms with Gasteiger partial charge in [-0.3, -0.25) is 4.79 Å². The molecule has 0 rings (SSSR count). The van der Waals surface area contributed by atoms with E-state index in [0.29, 0.717) is 6.54 Å². The van der Waals surface area contributed by atoms with Gasteiger partial charge in [-0.15, -0.1) is 0 Å². The van der Waals surface area contributed by atoms with Crippen LogP contribution in [0.1, 0.15) is 0 Å². The van der Waals surface area contributed by atoms with E-state index in [1.807, 2.05) is 0 Å². The van der Waals surface area contributed by atoms with E-state index in [1.54, 1.807) is 0 Å². The van der Waals surface area contributed by atoms with Gasteiger partial charge in [0.1, 0.15) is 5.16 Å². The topological polar surface area (TPSA) is 75.4 Å². The standard InChI is InChI=1S/C5H9ClN2O2/c6-4(3-5(7)10)8-1-2-9/h3,8-9H,1-2H2,(H2,7,10)/b4-3-. The predicted octanol–water partition coefficient (Wildman–Crippen LogP) is -0.866. The number of primary amides is 1. The molecule has 58 valence electrons. The maximum Gasteiger partial charge on any atom is 0.244 e. The Hall–Kier alpha value is -0.740. The zero-order valence-corrected chi connectivity index (χ0v) is 6.06. The van der Waals surface area contributed by atoms with Gasteiger partial charge in [0, 0.05) is 12.6 Å². The fraction of sp³-hybridized carbons (Fsp3) is 0.400. The van der Waals surface area contributed by atoms with E-state index in [0.717, 1.165) is 6.08 Å². The largest absolute Gasteiger partial charge is 0.395 e. The quantitative estimate of drug-likeness (QED) is 0.374. The van der Waals surface area contributed by atoms with E-state index in [1.165, 1.54) is 0 Å². The van der Waals surface area contributed by atoms with E-state index in [-0.39, 0.29) is 11.8 Å². The van der Waals surface area contributed by atoms with Gasteiger partial charge in [-0.2, -0.15) is 0 Å². The number of hydrogen-bond acceptors (Lipinski definition) is 3. The van der Waals surface area contributed by atoms with Crippen LogP contribution in [0.4, 0.5) is 0 Å². The molecule has 0 saturated carbocycles. The first-order chi connectivity index (χ1) is 4.66. The summed E-state index contributed by atoms with van der Waals surface area (Å²) >= 11 is 5.39. The van der Waals surface area contributed by atoms with Gasteiger partial charge in [0.2, 0.25) is 5.91 Å². The Balaban J connectivity index is 3.60. The number of carbonyl (C=O) groups is 1. The summed E-state index contributed by atoms with van der Waals surface area (Å²) in [5, 5.41) is 11.0. The molecule has 0 fully saturated rings. The second-order valence-electron chi connectivity index (χ2n) is 1.55. The molecule has 0 aromatic rings. The fourth-order valence-electron chi connectivity index (χ4n) is 0.351. The van der Waals surface area contributed by atoms with Gasteiger partial charge >= 0.3 is 0 Å². The molecule has 0 spiro atoms. The van der Waals surface area contributed by atoms with Crippen molar-refractivity contribution in [2.75, 3.05) is 13.2 Å². The van der Waals surface area contributed by atoms with Crippen LogP contribution in [0, 0.1) is 0 Å². The highest BCUT2D eigenvalue weighted by Gasteiger charge is 1.91. The molecule has 0 aromatic heterocycles. The molecule has 0 aromatic carbocycles. The van der Waals surface area contributed by atoms with Crippen molar-refractivity contribution in [1.29, 1.82) is 0 Å². The molecule has 0 saturated heterocycles. The minimum atomic E-state index is -0.615. The first-order valence-corrected chi connectivity index (χ1v) is 3.06. The lowest BCUT2D eigenvalue weighted by Gasteiger charge is -1.98. The number of halogens is 1. The van der Waals surface area contributed by atoms with Gasteiger partial charge in [-0.05, 0) is 0 Å². The number of amides is 1. The first-order valence-electron chi connectivity index (χ1n) is 2.68.